The van der Waals surface area contributed by atoms with E-state index in [0.717, 1.165) is 31.8 Å². The van der Waals surface area contributed by atoms with Gasteiger partial charge < -0.3 is 20.3 Å². The van der Waals surface area contributed by atoms with Crippen molar-refractivity contribution in [3.8, 4) is 5.75 Å². The second kappa shape index (κ2) is 16.7. The molecule has 2 aromatic rings. The molecule has 0 aliphatic heterocycles. The van der Waals surface area contributed by atoms with Gasteiger partial charge in [-0.15, -0.1) is 0 Å². The molecule has 0 saturated carbocycles. The van der Waals surface area contributed by atoms with Crippen molar-refractivity contribution in [3.05, 3.63) is 59.7 Å². The van der Waals surface area contributed by atoms with Crippen LogP contribution in [-0.2, 0) is 0 Å². The van der Waals surface area contributed by atoms with Gasteiger partial charge in [-0.1, -0.05) is 46.5 Å². The Kier molecular flexibility index (Phi) is 13.5. The van der Waals surface area contributed by atoms with E-state index in [9.17, 15) is 9.59 Å². The van der Waals surface area contributed by atoms with Crippen LogP contribution in [0.4, 0.5) is 5.69 Å². The van der Waals surface area contributed by atoms with Crippen molar-refractivity contribution in [1.82, 2.24) is 15.5 Å². The van der Waals surface area contributed by atoms with Gasteiger partial charge in [-0.05, 0) is 80.3 Å². The summed E-state index contributed by atoms with van der Waals surface area (Å²) in [4.78, 5) is 27.1. The Bertz CT molecular complexity index is 944. The predicted molar refractivity (Wildman–Crippen MR) is 151 cm³/mol. The van der Waals surface area contributed by atoms with E-state index in [1.807, 2.05) is 0 Å². The number of hydrogen-bond donors (Lipinski definition) is 3. The number of amides is 2. The molecule has 0 bridgehead atoms. The Morgan fingerprint density at radius 2 is 1.44 bits per heavy atom. The molecule has 0 heterocycles. The number of benzene rings is 2. The van der Waals surface area contributed by atoms with Crippen LogP contribution in [0.25, 0.3) is 0 Å². The molecule has 0 unspecified atom stereocenters. The van der Waals surface area contributed by atoms with Gasteiger partial charge >= 0.3 is 0 Å². The minimum atomic E-state index is -0.303. The van der Waals surface area contributed by atoms with Crippen LogP contribution >= 0.6 is 12.2 Å². The van der Waals surface area contributed by atoms with Crippen LogP contribution in [0.2, 0.25) is 0 Å². The van der Waals surface area contributed by atoms with Gasteiger partial charge in [0, 0.05) is 29.9 Å². The molecule has 0 aliphatic rings. The third-order valence-corrected chi connectivity index (χ3v) is 6.08. The lowest BCUT2D eigenvalue weighted by Crippen LogP contribution is -2.35. The van der Waals surface area contributed by atoms with Crippen molar-refractivity contribution in [1.29, 1.82) is 0 Å². The summed E-state index contributed by atoms with van der Waals surface area (Å²) in [5, 5.41) is 8.78. The summed E-state index contributed by atoms with van der Waals surface area (Å²) in [6.45, 7) is 10.4. The Balaban J connectivity index is 1.75. The Morgan fingerprint density at radius 1 is 0.833 bits per heavy atom. The summed E-state index contributed by atoms with van der Waals surface area (Å²) in [6, 6.07) is 14.0. The van der Waals surface area contributed by atoms with Gasteiger partial charge in [-0.2, -0.15) is 0 Å². The average Bonchev–Trinajstić information content (AvgIpc) is 2.89. The van der Waals surface area contributed by atoms with Gasteiger partial charge in [-0.25, -0.2) is 0 Å². The van der Waals surface area contributed by atoms with Gasteiger partial charge in [0.25, 0.3) is 11.8 Å². The first kappa shape index (κ1) is 29.3. The number of carbonyl (C=O) groups is 2. The van der Waals surface area contributed by atoms with Gasteiger partial charge in [0.15, 0.2) is 5.11 Å². The SMILES string of the molecule is CCCCCCCOc1ccc(C(=O)NC(=S)Nc2ccc(C(=O)NCCN(CC)CC)cc2)cc1. The number of likely N-dealkylation sites (N-methyl/N-ethyl adjacent to an activating group) is 1. The van der Waals surface area contributed by atoms with Crippen LogP contribution in [0, 0.1) is 0 Å². The van der Waals surface area contributed by atoms with Crippen LogP contribution in [0.1, 0.15) is 73.6 Å². The van der Waals surface area contributed by atoms with Gasteiger partial charge in [0.05, 0.1) is 6.61 Å². The number of ether oxygens (including phenoxy) is 1. The van der Waals surface area contributed by atoms with Crippen LogP contribution in [0.3, 0.4) is 0 Å². The highest BCUT2D eigenvalue weighted by molar-refractivity contribution is 7.80. The molecule has 0 atom stereocenters. The highest BCUT2D eigenvalue weighted by Gasteiger charge is 2.10. The molecule has 7 nitrogen and oxygen atoms in total. The molecule has 0 aromatic heterocycles. The molecule has 0 radical (unpaired) electrons. The van der Waals surface area contributed by atoms with Crippen molar-refractivity contribution in [3.63, 3.8) is 0 Å². The number of nitrogens with zero attached hydrogens (tertiary/aromatic N) is 1. The van der Waals surface area contributed by atoms with E-state index >= 15 is 0 Å². The lowest BCUT2D eigenvalue weighted by molar-refractivity contribution is 0.0947. The second-order valence-corrected chi connectivity index (χ2v) is 8.96. The monoisotopic (exact) mass is 512 g/mol. The summed E-state index contributed by atoms with van der Waals surface area (Å²) >= 11 is 5.28. The Morgan fingerprint density at radius 3 is 2.08 bits per heavy atom. The fourth-order valence-electron chi connectivity index (χ4n) is 3.61. The molecular weight excluding hydrogens is 472 g/mol. The smallest absolute Gasteiger partial charge is 0.257 e. The highest BCUT2D eigenvalue weighted by atomic mass is 32.1. The van der Waals surface area contributed by atoms with E-state index in [2.05, 4.69) is 41.6 Å². The maximum Gasteiger partial charge on any atom is 0.257 e. The number of anilines is 1. The van der Waals surface area contributed by atoms with Gasteiger partial charge in [0.2, 0.25) is 0 Å². The zero-order valence-corrected chi connectivity index (χ0v) is 22.6. The third-order valence-electron chi connectivity index (χ3n) is 5.87. The quantitative estimate of drug-likeness (QED) is 0.224. The normalized spacial score (nSPS) is 10.7. The van der Waals surface area contributed by atoms with E-state index in [-0.39, 0.29) is 16.9 Å². The fourth-order valence-corrected chi connectivity index (χ4v) is 3.82. The number of hydrogen-bond acceptors (Lipinski definition) is 5. The molecule has 36 heavy (non-hydrogen) atoms. The zero-order chi connectivity index (χ0) is 26.2. The molecule has 0 saturated heterocycles. The number of rotatable bonds is 15. The standard InChI is InChI=1S/C28H40N4O3S/c1-4-7-8-9-10-21-35-25-17-13-23(14-18-25)27(34)31-28(36)30-24-15-11-22(12-16-24)26(33)29-19-20-32(5-2)6-3/h11-18H,4-10,19-21H2,1-3H3,(H,29,33)(H2,30,31,34,36). The molecule has 0 aliphatic carbocycles. The first-order valence-electron chi connectivity index (χ1n) is 12.9. The lowest BCUT2D eigenvalue weighted by Gasteiger charge is -2.18. The van der Waals surface area contributed by atoms with Crippen molar-refractivity contribution in [2.75, 3.05) is 38.1 Å². The molecule has 196 valence electrons. The van der Waals surface area contributed by atoms with Crippen molar-refractivity contribution in [2.24, 2.45) is 0 Å². The molecule has 0 spiro atoms. The Hall–Kier alpha value is -2.97. The van der Waals surface area contributed by atoms with Gasteiger partial charge in [-0.3, -0.25) is 14.9 Å². The summed E-state index contributed by atoms with van der Waals surface area (Å²) in [6.07, 6.45) is 5.94. The maximum atomic E-state index is 12.5. The number of nitrogens with one attached hydrogen (secondary N) is 3. The summed E-state index contributed by atoms with van der Waals surface area (Å²) in [7, 11) is 0. The van der Waals surface area contributed by atoms with Crippen LogP contribution in [0.5, 0.6) is 5.75 Å². The van der Waals surface area contributed by atoms with E-state index in [0.29, 0.717) is 30.0 Å². The maximum absolute atomic E-state index is 12.5. The predicted octanol–water partition coefficient (Wildman–Crippen LogP) is 5.23. The van der Waals surface area contributed by atoms with E-state index in [1.54, 1.807) is 48.5 Å². The number of unbranched alkanes of at least 4 members (excludes halogenated alkanes) is 4. The first-order valence-corrected chi connectivity index (χ1v) is 13.3. The molecular formula is C28H40N4O3S. The Labute approximate surface area is 221 Å². The molecule has 2 rings (SSSR count). The van der Waals surface area contributed by atoms with Crippen LogP contribution in [-0.4, -0.2) is 54.6 Å². The topological polar surface area (TPSA) is 82.7 Å². The summed E-state index contributed by atoms with van der Waals surface area (Å²) in [5.41, 5.74) is 1.74. The minimum absolute atomic E-state index is 0.117. The summed E-state index contributed by atoms with van der Waals surface area (Å²) < 4.78 is 5.75. The van der Waals surface area contributed by atoms with E-state index in [1.165, 1.54) is 25.7 Å². The fraction of sp³-hybridized carbons (Fsp3) is 0.464. The average molecular weight is 513 g/mol. The molecule has 8 heteroatoms. The van der Waals surface area contributed by atoms with Crippen molar-refractivity contribution >= 4 is 34.8 Å². The molecule has 2 amide bonds. The number of carbonyl (C=O) groups excluding carboxylic acids is 2. The van der Waals surface area contributed by atoms with E-state index in [4.69, 9.17) is 17.0 Å². The summed E-state index contributed by atoms with van der Waals surface area (Å²) in [5.74, 6) is 0.330. The lowest BCUT2D eigenvalue weighted by atomic mass is 10.2. The zero-order valence-electron chi connectivity index (χ0n) is 21.8. The molecule has 2 aromatic carbocycles. The second-order valence-electron chi connectivity index (χ2n) is 8.56. The van der Waals surface area contributed by atoms with E-state index < -0.39 is 0 Å². The van der Waals surface area contributed by atoms with Crippen LogP contribution in [0.15, 0.2) is 48.5 Å². The highest BCUT2D eigenvalue weighted by Crippen LogP contribution is 2.14. The molecule has 0 fully saturated rings. The van der Waals surface area contributed by atoms with Crippen molar-refractivity contribution < 1.29 is 14.3 Å². The largest absolute Gasteiger partial charge is 0.494 e. The van der Waals surface area contributed by atoms with Crippen molar-refractivity contribution in [2.45, 2.75) is 52.9 Å². The first-order chi connectivity index (χ1) is 17.5. The van der Waals surface area contributed by atoms with Gasteiger partial charge in [0.1, 0.15) is 5.75 Å². The third kappa shape index (κ3) is 10.7. The minimum Gasteiger partial charge on any atom is -0.494 e. The molecule has 3 N–H and O–H groups in total. The number of thiocarbonyl (C=S) groups is 1. The van der Waals surface area contributed by atoms with Crippen LogP contribution < -0.4 is 20.7 Å².